The van der Waals surface area contributed by atoms with Gasteiger partial charge in [-0.1, -0.05) is 23.7 Å². The van der Waals surface area contributed by atoms with Crippen molar-refractivity contribution in [2.45, 2.75) is 77.0 Å². The number of ether oxygens (including phenoxy) is 2. The highest BCUT2D eigenvalue weighted by Gasteiger charge is 2.27. The Labute approximate surface area is 219 Å². The summed E-state index contributed by atoms with van der Waals surface area (Å²) in [5.41, 5.74) is 8.06. The number of hydrogen-bond donors (Lipinski definition) is 2. The molecule has 0 atom stereocenters. The molecular weight excluding hydrogens is 476 g/mol. The van der Waals surface area contributed by atoms with Gasteiger partial charge in [0.1, 0.15) is 11.4 Å². The van der Waals surface area contributed by atoms with Crippen molar-refractivity contribution < 1.29 is 14.3 Å². The van der Waals surface area contributed by atoms with Crippen molar-refractivity contribution in [1.29, 1.82) is 0 Å². The van der Waals surface area contributed by atoms with E-state index >= 15 is 0 Å². The molecule has 3 N–H and O–H groups in total. The van der Waals surface area contributed by atoms with Gasteiger partial charge < -0.3 is 20.5 Å². The van der Waals surface area contributed by atoms with E-state index in [2.05, 4.69) is 10.3 Å². The van der Waals surface area contributed by atoms with Crippen LogP contribution in [0.15, 0.2) is 36.5 Å². The van der Waals surface area contributed by atoms with E-state index < -0.39 is 5.60 Å². The molecule has 2 aromatic rings. The molecule has 0 spiro atoms. The lowest BCUT2D eigenvalue weighted by Crippen LogP contribution is -2.40. The summed E-state index contributed by atoms with van der Waals surface area (Å²) in [7, 11) is 0. The number of carbonyl (C=O) groups excluding carboxylic acids is 1. The van der Waals surface area contributed by atoms with E-state index in [-0.39, 0.29) is 6.09 Å². The van der Waals surface area contributed by atoms with Crippen molar-refractivity contribution in [1.82, 2.24) is 4.98 Å². The Morgan fingerprint density at radius 3 is 2.58 bits per heavy atom. The Balaban J connectivity index is 1.58. The van der Waals surface area contributed by atoms with Crippen molar-refractivity contribution in [3.8, 4) is 11.1 Å². The second-order valence-electron chi connectivity index (χ2n) is 11.0. The monoisotopic (exact) mass is 514 g/mol. The third kappa shape index (κ3) is 7.34. The Morgan fingerprint density at radius 2 is 1.89 bits per heavy atom. The quantitative estimate of drug-likeness (QED) is 0.473. The molecule has 1 aromatic carbocycles. The second kappa shape index (κ2) is 11.8. The van der Waals surface area contributed by atoms with Crippen LogP contribution in [0.3, 0.4) is 0 Å². The first-order valence-corrected chi connectivity index (χ1v) is 13.4. The van der Waals surface area contributed by atoms with Crippen LogP contribution in [0.4, 0.5) is 16.3 Å². The summed E-state index contributed by atoms with van der Waals surface area (Å²) < 4.78 is 11.3. The molecule has 1 aromatic heterocycles. The van der Waals surface area contributed by atoms with E-state index in [4.69, 9.17) is 26.8 Å². The topological polar surface area (TPSA) is 89.7 Å². The van der Waals surface area contributed by atoms with Gasteiger partial charge in [-0.25, -0.2) is 9.78 Å². The number of nitrogens with zero attached hydrogens (tertiary/aromatic N) is 2. The smallest absolute Gasteiger partial charge is 0.414 e. The normalized spacial score (nSPS) is 21.1. The summed E-state index contributed by atoms with van der Waals surface area (Å²) in [6.45, 7) is 7.70. The molecule has 1 saturated carbocycles. The number of aromatic nitrogens is 1. The maximum absolute atomic E-state index is 13.3. The molecule has 2 fully saturated rings. The molecule has 36 heavy (non-hydrogen) atoms. The van der Waals surface area contributed by atoms with E-state index in [1.807, 2.05) is 51.1 Å². The summed E-state index contributed by atoms with van der Waals surface area (Å²) in [6.07, 6.45) is 7.31. The molecule has 8 heteroatoms. The minimum atomic E-state index is -0.583. The standard InChI is InChI=1S/C28H39ClN4O3/c1-28(2,3)36-27(34)33(18-19-11-13-35-14-12-19)23-6-4-5-20(15-23)24-16-26(31-17-25(24)29)32-22-9-7-21(30)8-10-22/h4-6,15-17,19,21-22H,7-14,18,30H2,1-3H3,(H,31,32). The first-order chi connectivity index (χ1) is 17.2. The van der Waals surface area contributed by atoms with Crippen molar-refractivity contribution in [3.05, 3.63) is 41.6 Å². The van der Waals surface area contributed by atoms with E-state index in [0.717, 1.165) is 74.4 Å². The molecule has 1 saturated heterocycles. The summed E-state index contributed by atoms with van der Waals surface area (Å²) in [5.74, 6) is 1.16. The van der Waals surface area contributed by atoms with Gasteiger partial charge in [0.2, 0.25) is 0 Å². The molecule has 0 unspecified atom stereocenters. The third-order valence-electron chi connectivity index (χ3n) is 6.84. The predicted molar refractivity (Wildman–Crippen MR) is 146 cm³/mol. The number of pyridine rings is 1. The molecular formula is C28H39ClN4O3. The maximum Gasteiger partial charge on any atom is 0.414 e. The van der Waals surface area contributed by atoms with E-state index in [1.54, 1.807) is 11.1 Å². The summed E-state index contributed by atoms with van der Waals surface area (Å²) >= 11 is 6.60. The highest BCUT2D eigenvalue weighted by molar-refractivity contribution is 6.33. The summed E-state index contributed by atoms with van der Waals surface area (Å²) in [4.78, 5) is 19.5. The second-order valence-corrected chi connectivity index (χ2v) is 11.4. The summed E-state index contributed by atoms with van der Waals surface area (Å²) in [6, 6.07) is 10.6. The van der Waals surface area contributed by atoms with Crippen LogP contribution >= 0.6 is 11.6 Å². The Hall–Kier alpha value is -2.35. The first kappa shape index (κ1) is 26.7. The molecule has 2 aliphatic rings. The van der Waals surface area contributed by atoms with Gasteiger partial charge in [-0.3, -0.25) is 4.90 Å². The fourth-order valence-corrected chi connectivity index (χ4v) is 5.05. The number of rotatable bonds is 6. The van der Waals surface area contributed by atoms with E-state index in [0.29, 0.717) is 29.6 Å². The van der Waals surface area contributed by atoms with Gasteiger partial charge in [0.15, 0.2) is 0 Å². The average Bonchev–Trinajstić information content (AvgIpc) is 2.85. The predicted octanol–water partition coefficient (Wildman–Crippen LogP) is 6.25. The SMILES string of the molecule is CC(C)(C)OC(=O)N(CC1CCOCC1)c1cccc(-c2cc(NC3CCC(N)CC3)ncc2Cl)c1. The van der Waals surface area contributed by atoms with Crippen molar-refractivity contribution >= 4 is 29.2 Å². The van der Waals surface area contributed by atoms with Crippen LogP contribution in [-0.2, 0) is 9.47 Å². The van der Waals surface area contributed by atoms with Gasteiger partial charge in [-0.05, 0) is 89.0 Å². The molecule has 1 aliphatic carbocycles. The molecule has 1 aliphatic heterocycles. The van der Waals surface area contributed by atoms with Crippen molar-refractivity contribution in [2.24, 2.45) is 11.7 Å². The molecule has 2 heterocycles. The van der Waals surface area contributed by atoms with Gasteiger partial charge in [-0.15, -0.1) is 0 Å². The van der Waals surface area contributed by atoms with E-state index in [9.17, 15) is 4.79 Å². The molecule has 7 nitrogen and oxygen atoms in total. The van der Waals surface area contributed by atoms with Crippen LogP contribution < -0.4 is 16.0 Å². The van der Waals surface area contributed by atoms with Crippen molar-refractivity contribution in [2.75, 3.05) is 30.0 Å². The number of nitrogens with two attached hydrogens (primary N) is 1. The number of hydrogen-bond acceptors (Lipinski definition) is 6. The minimum Gasteiger partial charge on any atom is -0.443 e. The number of carbonyl (C=O) groups is 1. The Kier molecular flexibility index (Phi) is 8.75. The lowest BCUT2D eigenvalue weighted by Gasteiger charge is -2.32. The average molecular weight is 515 g/mol. The van der Waals surface area contributed by atoms with Crippen LogP contribution in [-0.4, -0.2) is 48.5 Å². The number of anilines is 2. The molecule has 4 rings (SSSR count). The van der Waals surface area contributed by atoms with Gasteiger partial charge in [0.05, 0.1) is 5.02 Å². The van der Waals surface area contributed by atoms with Crippen LogP contribution in [0.1, 0.15) is 59.3 Å². The zero-order valence-electron chi connectivity index (χ0n) is 21.6. The van der Waals surface area contributed by atoms with Crippen LogP contribution in [0, 0.1) is 5.92 Å². The first-order valence-electron chi connectivity index (χ1n) is 13.0. The minimum absolute atomic E-state index is 0.300. The lowest BCUT2D eigenvalue weighted by molar-refractivity contribution is 0.0515. The number of amides is 1. The largest absolute Gasteiger partial charge is 0.443 e. The number of benzene rings is 1. The third-order valence-corrected chi connectivity index (χ3v) is 7.14. The molecule has 0 bridgehead atoms. The zero-order chi connectivity index (χ0) is 25.7. The highest BCUT2D eigenvalue weighted by Crippen LogP contribution is 2.33. The number of nitrogens with one attached hydrogen (secondary N) is 1. The van der Waals surface area contributed by atoms with Crippen LogP contribution in [0.5, 0.6) is 0 Å². The highest BCUT2D eigenvalue weighted by atomic mass is 35.5. The fourth-order valence-electron chi connectivity index (χ4n) is 4.84. The van der Waals surface area contributed by atoms with Gasteiger partial charge >= 0.3 is 6.09 Å². The maximum atomic E-state index is 13.3. The van der Waals surface area contributed by atoms with Gasteiger partial charge in [0.25, 0.3) is 0 Å². The van der Waals surface area contributed by atoms with Gasteiger partial charge in [0, 0.05) is 49.3 Å². The molecule has 0 radical (unpaired) electrons. The van der Waals surface area contributed by atoms with Crippen molar-refractivity contribution in [3.63, 3.8) is 0 Å². The Morgan fingerprint density at radius 1 is 1.17 bits per heavy atom. The molecule has 1 amide bonds. The van der Waals surface area contributed by atoms with Gasteiger partial charge in [-0.2, -0.15) is 0 Å². The Bertz CT molecular complexity index is 1030. The van der Waals surface area contributed by atoms with E-state index in [1.165, 1.54) is 0 Å². The zero-order valence-corrected chi connectivity index (χ0v) is 22.4. The lowest BCUT2D eigenvalue weighted by atomic mass is 9.92. The van der Waals surface area contributed by atoms with Crippen LogP contribution in [0.25, 0.3) is 11.1 Å². The fraction of sp³-hybridized carbons (Fsp3) is 0.571. The summed E-state index contributed by atoms with van der Waals surface area (Å²) in [5, 5.41) is 4.12. The molecule has 196 valence electrons. The number of halogens is 1. The van der Waals surface area contributed by atoms with Crippen LogP contribution in [0.2, 0.25) is 5.02 Å².